The highest BCUT2D eigenvalue weighted by Crippen LogP contribution is 2.28. The van der Waals surface area contributed by atoms with Gasteiger partial charge in [0.2, 0.25) is 0 Å². The number of aliphatic carboxylic acids is 1. The maximum absolute atomic E-state index is 11.1. The largest absolute Gasteiger partial charge is 0.489 e. The number of carboxylic acid groups (broad SMARTS) is 1. The second-order valence-corrected chi connectivity index (χ2v) is 8.60. The summed E-state index contributed by atoms with van der Waals surface area (Å²) in [4.78, 5) is 11.1. The first-order valence-electron chi connectivity index (χ1n) is 11.2. The molecule has 1 aromatic heterocycles. The molecule has 6 nitrogen and oxygen atoms in total. The van der Waals surface area contributed by atoms with Crippen LogP contribution in [0.15, 0.2) is 36.4 Å². The molecule has 0 aliphatic rings. The zero-order valence-electron chi connectivity index (χ0n) is 20.0. The van der Waals surface area contributed by atoms with Crippen LogP contribution in [-0.2, 0) is 29.3 Å². The summed E-state index contributed by atoms with van der Waals surface area (Å²) >= 11 is 0. The lowest BCUT2D eigenvalue weighted by Crippen LogP contribution is -2.08. The number of methoxy groups -OCH3 is 1. The minimum Gasteiger partial charge on any atom is -0.489 e. The Morgan fingerprint density at radius 1 is 1.15 bits per heavy atom. The number of aryl methyl sites for hydroxylation is 1. The number of hydrogen-bond acceptors (Lipinski definition) is 4. The molecule has 33 heavy (non-hydrogen) atoms. The van der Waals surface area contributed by atoms with E-state index in [1.165, 1.54) is 0 Å². The molecule has 1 atom stereocenters. The minimum atomic E-state index is -0.862. The molecule has 0 aliphatic carbocycles. The number of carboxylic acids is 1. The average Bonchev–Trinajstić information content (AvgIpc) is 3.10. The van der Waals surface area contributed by atoms with E-state index in [2.05, 4.69) is 49.4 Å². The van der Waals surface area contributed by atoms with Crippen molar-refractivity contribution in [2.24, 2.45) is 5.92 Å². The molecule has 1 N–H and O–H groups in total. The van der Waals surface area contributed by atoms with E-state index in [0.29, 0.717) is 19.1 Å². The first kappa shape index (κ1) is 24.3. The molecule has 0 fully saturated rings. The molecule has 3 rings (SSSR count). The number of hydrogen-bond donors (Lipinski definition) is 1. The Morgan fingerprint density at radius 2 is 1.88 bits per heavy atom. The third kappa shape index (κ3) is 5.94. The molecule has 1 unspecified atom stereocenters. The third-order valence-electron chi connectivity index (χ3n) is 5.55. The Labute approximate surface area is 195 Å². The summed E-state index contributed by atoms with van der Waals surface area (Å²) in [7, 11) is 1.69. The molecule has 6 heteroatoms. The zero-order chi connectivity index (χ0) is 24.0. The SMILES string of the molecule is CC#CC(CC(=O)O)c1ccc(OCc2ccc3c(COC)nn(CC(C)C)c3c2C)cc1. The Morgan fingerprint density at radius 3 is 2.48 bits per heavy atom. The first-order valence-corrected chi connectivity index (χ1v) is 11.2. The van der Waals surface area contributed by atoms with Crippen LogP contribution in [0.5, 0.6) is 5.75 Å². The van der Waals surface area contributed by atoms with E-state index in [1.54, 1.807) is 14.0 Å². The van der Waals surface area contributed by atoms with Crippen molar-refractivity contribution in [3.05, 3.63) is 58.8 Å². The molecule has 2 aromatic carbocycles. The van der Waals surface area contributed by atoms with Crippen LogP contribution >= 0.6 is 0 Å². The molecule has 0 aliphatic heterocycles. The van der Waals surface area contributed by atoms with Crippen LogP contribution in [0.4, 0.5) is 0 Å². The summed E-state index contributed by atoms with van der Waals surface area (Å²) in [5.41, 5.74) is 5.20. The van der Waals surface area contributed by atoms with Crippen LogP contribution in [0.3, 0.4) is 0 Å². The predicted molar refractivity (Wildman–Crippen MR) is 129 cm³/mol. The molecule has 0 amide bonds. The first-order chi connectivity index (χ1) is 15.8. The fraction of sp³-hybridized carbons (Fsp3) is 0.407. The molecule has 174 valence electrons. The number of carbonyl (C=O) groups is 1. The maximum Gasteiger partial charge on any atom is 0.304 e. The van der Waals surface area contributed by atoms with Crippen LogP contribution in [0.25, 0.3) is 10.9 Å². The number of rotatable bonds is 10. The van der Waals surface area contributed by atoms with Gasteiger partial charge in [0.1, 0.15) is 12.4 Å². The maximum atomic E-state index is 11.1. The van der Waals surface area contributed by atoms with Crippen LogP contribution in [0.2, 0.25) is 0 Å². The Balaban J connectivity index is 1.81. The summed E-state index contributed by atoms with van der Waals surface area (Å²) in [6.45, 7) is 9.95. The lowest BCUT2D eigenvalue weighted by Gasteiger charge is -2.13. The van der Waals surface area contributed by atoms with Crippen molar-refractivity contribution in [3.8, 4) is 17.6 Å². The molecule has 0 saturated heterocycles. The molecule has 0 saturated carbocycles. The normalized spacial score (nSPS) is 11.9. The standard InChI is InChI=1S/C27H32N2O4/c1-6-7-21(14-26(30)31)20-8-11-23(12-9-20)33-16-22-10-13-24-25(17-32-5)28-29(15-18(2)3)27(24)19(22)4/h8-13,18,21H,14-17H2,1-5H3,(H,30,31). The van der Waals surface area contributed by atoms with Crippen molar-refractivity contribution in [2.75, 3.05) is 7.11 Å². The van der Waals surface area contributed by atoms with E-state index in [4.69, 9.17) is 19.7 Å². The van der Waals surface area contributed by atoms with Gasteiger partial charge in [0, 0.05) is 19.0 Å². The summed E-state index contributed by atoms with van der Waals surface area (Å²) in [5.74, 6) is 5.81. The average molecular weight is 449 g/mol. The molecule has 1 heterocycles. The van der Waals surface area contributed by atoms with Gasteiger partial charge in [-0.2, -0.15) is 5.10 Å². The van der Waals surface area contributed by atoms with Crippen LogP contribution in [0, 0.1) is 24.7 Å². The van der Waals surface area contributed by atoms with Gasteiger partial charge < -0.3 is 14.6 Å². The Bertz CT molecular complexity index is 1170. The van der Waals surface area contributed by atoms with Gasteiger partial charge in [-0.1, -0.05) is 44.0 Å². The highest BCUT2D eigenvalue weighted by Gasteiger charge is 2.16. The van der Waals surface area contributed by atoms with Crippen LogP contribution in [-0.4, -0.2) is 28.0 Å². The number of benzene rings is 2. The van der Waals surface area contributed by atoms with E-state index in [0.717, 1.165) is 45.6 Å². The van der Waals surface area contributed by atoms with Crippen molar-refractivity contribution in [3.63, 3.8) is 0 Å². The second kappa shape index (κ2) is 11.0. The van der Waals surface area contributed by atoms with Gasteiger partial charge in [-0.15, -0.1) is 5.92 Å². The molecular weight excluding hydrogens is 416 g/mol. The number of nitrogens with zero attached hydrogens (tertiary/aromatic N) is 2. The number of ether oxygens (including phenoxy) is 2. The predicted octanol–water partition coefficient (Wildman–Crippen LogP) is 5.31. The topological polar surface area (TPSA) is 73.6 Å². The fourth-order valence-electron chi connectivity index (χ4n) is 3.99. The van der Waals surface area contributed by atoms with Gasteiger partial charge in [0.25, 0.3) is 0 Å². The van der Waals surface area contributed by atoms with Crippen molar-refractivity contribution in [1.29, 1.82) is 0 Å². The van der Waals surface area contributed by atoms with Gasteiger partial charge in [-0.3, -0.25) is 9.48 Å². The van der Waals surface area contributed by atoms with Gasteiger partial charge in [-0.05, 0) is 48.6 Å². The second-order valence-electron chi connectivity index (χ2n) is 8.60. The lowest BCUT2D eigenvalue weighted by atomic mass is 9.96. The van der Waals surface area contributed by atoms with Crippen LogP contribution in [0.1, 0.15) is 55.5 Å². The molecule has 3 aromatic rings. The van der Waals surface area contributed by atoms with Crippen molar-refractivity contribution in [1.82, 2.24) is 9.78 Å². The summed E-state index contributed by atoms with van der Waals surface area (Å²) in [6, 6.07) is 11.7. The minimum absolute atomic E-state index is 0.0185. The summed E-state index contributed by atoms with van der Waals surface area (Å²) in [5, 5.41) is 15.0. The van der Waals surface area contributed by atoms with E-state index in [9.17, 15) is 4.79 Å². The molecule has 0 bridgehead atoms. The molecule has 0 spiro atoms. The van der Waals surface area contributed by atoms with Crippen molar-refractivity contribution in [2.45, 2.75) is 59.8 Å². The van der Waals surface area contributed by atoms with Crippen LogP contribution < -0.4 is 4.74 Å². The van der Waals surface area contributed by atoms with E-state index < -0.39 is 5.97 Å². The zero-order valence-corrected chi connectivity index (χ0v) is 20.0. The van der Waals surface area contributed by atoms with Gasteiger partial charge >= 0.3 is 5.97 Å². The molecule has 0 radical (unpaired) electrons. The van der Waals surface area contributed by atoms with Gasteiger partial charge in [0.05, 0.1) is 30.2 Å². The molecular formula is C27H32N2O4. The highest BCUT2D eigenvalue weighted by atomic mass is 16.5. The third-order valence-corrected chi connectivity index (χ3v) is 5.55. The number of fused-ring (bicyclic) bond motifs is 1. The lowest BCUT2D eigenvalue weighted by molar-refractivity contribution is -0.137. The van der Waals surface area contributed by atoms with Crippen molar-refractivity contribution < 1.29 is 19.4 Å². The van der Waals surface area contributed by atoms with E-state index in [-0.39, 0.29) is 12.3 Å². The number of aromatic nitrogens is 2. The quantitative estimate of drug-likeness (QED) is 0.426. The van der Waals surface area contributed by atoms with E-state index in [1.807, 2.05) is 24.3 Å². The van der Waals surface area contributed by atoms with E-state index >= 15 is 0 Å². The Kier molecular flexibility index (Phi) is 8.13. The highest BCUT2D eigenvalue weighted by molar-refractivity contribution is 5.86. The summed E-state index contributed by atoms with van der Waals surface area (Å²) in [6.07, 6.45) is -0.0185. The van der Waals surface area contributed by atoms with Gasteiger partial charge in [0.15, 0.2) is 0 Å². The Hall–Kier alpha value is -3.30. The monoisotopic (exact) mass is 448 g/mol. The smallest absolute Gasteiger partial charge is 0.304 e. The summed E-state index contributed by atoms with van der Waals surface area (Å²) < 4.78 is 13.5. The van der Waals surface area contributed by atoms with Crippen molar-refractivity contribution >= 4 is 16.9 Å². The van der Waals surface area contributed by atoms with Gasteiger partial charge in [-0.25, -0.2) is 0 Å². The fourth-order valence-corrected chi connectivity index (χ4v) is 3.99.